The zero-order valence-electron chi connectivity index (χ0n) is 13.3. The van der Waals surface area contributed by atoms with Crippen LogP contribution in [0.15, 0.2) is 23.1 Å². The Hall–Kier alpha value is -1.59. The second-order valence-electron chi connectivity index (χ2n) is 5.65. The van der Waals surface area contributed by atoms with Gasteiger partial charge < -0.3 is 5.11 Å². The molecule has 4 nitrogen and oxygen atoms in total. The molecule has 1 aliphatic heterocycles. The summed E-state index contributed by atoms with van der Waals surface area (Å²) in [6.45, 7) is 7.62. The van der Waals surface area contributed by atoms with Crippen molar-refractivity contribution in [3.63, 3.8) is 0 Å². The summed E-state index contributed by atoms with van der Waals surface area (Å²) in [5, 5.41) is 9.04. The highest BCUT2D eigenvalue weighted by Gasteiger charge is 2.40. The number of aliphatic hydroxyl groups excluding tert-OH is 1. The standard InChI is InChI=1S/C17H21NO3S/c1-10(2)18-16(20)14(15(17(18)21)22-8-7-19)13-6-5-11(3)12(4)9-13/h5-6,9-10,19H,7-8H2,1-4H3. The Morgan fingerprint density at radius 2 is 1.82 bits per heavy atom. The second kappa shape index (κ2) is 6.67. The average molecular weight is 319 g/mol. The minimum Gasteiger partial charge on any atom is -0.396 e. The summed E-state index contributed by atoms with van der Waals surface area (Å²) in [4.78, 5) is 27.0. The zero-order chi connectivity index (χ0) is 16.4. The summed E-state index contributed by atoms with van der Waals surface area (Å²) in [7, 11) is 0. The topological polar surface area (TPSA) is 57.6 Å². The van der Waals surface area contributed by atoms with Crippen LogP contribution in [-0.4, -0.2) is 40.2 Å². The lowest BCUT2D eigenvalue weighted by Gasteiger charge is -2.19. The van der Waals surface area contributed by atoms with Crippen molar-refractivity contribution in [3.05, 3.63) is 39.8 Å². The Bertz CT molecular complexity index is 649. The molecule has 0 aliphatic carbocycles. The molecule has 1 N–H and O–H groups in total. The van der Waals surface area contributed by atoms with Gasteiger partial charge >= 0.3 is 0 Å². The lowest BCUT2D eigenvalue weighted by atomic mass is 10.0. The molecule has 0 fully saturated rings. The number of thioether (sulfide) groups is 1. The van der Waals surface area contributed by atoms with Gasteiger partial charge in [-0.3, -0.25) is 14.5 Å². The van der Waals surface area contributed by atoms with Gasteiger partial charge in [-0.1, -0.05) is 18.2 Å². The summed E-state index contributed by atoms with van der Waals surface area (Å²) in [6.07, 6.45) is 0. The number of nitrogens with zero attached hydrogens (tertiary/aromatic N) is 1. The maximum Gasteiger partial charge on any atom is 0.268 e. The Balaban J connectivity index is 2.54. The number of amides is 2. The highest BCUT2D eigenvalue weighted by Crippen LogP contribution is 2.37. The Morgan fingerprint density at radius 1 is 1.14 bits per heavy atom. The first-order valence-corrected chi connectivity index (χ1v) is 8.30. The molecule has 0 radical (unpaired) electrons. The second-order valence-corrected chi connectivity index (χ2v) is 6.75. The minimum atomic E-state index is -0.258. The van der Waals surface area contributed by atoms with Crippen LogP contribution in [0.4, 0.5) is 0 Å². The minimum absolute atomic E-state index is 0.0302. The van der Waals surface area contributed by atoms with Gasteiger partial charge in [0.2, 0.25) is 0 Å². The van der Waals surface area contributed by atoms with E-state index in [0.29, 0.717) is 16.2 Å². The molecule has 0 spiro atoms. The lowest BCUT2D eigenvalue weighted by Crippen LogP contribution is -2.37. The number of hydrogen-bond acceptors (Lipinski definition) is 4. The summed E-state index contributed by atoms with van der Waals surface area (Å²) in [5.74, 6) is -0.107. The smallest absolute Gasteiger partial charge is 0.268 e. The van der Waals surface area contributed by atoms with E-state index in [4.69, 9.17) is 5.11 Å². The van der Waals surface area contributed by atoms with E-state index in [9.17, 15) is 9.59 Å². The molecule has 0 bridgehead atoms. The average Bonchev–Trinajstić information content (AvgIpc) is 2.70. The Labute approximate surface area is 135 Å². The van der Waals surface area contributed by atoms with Crippen molar-refractivity contribution < 1.29 is 14.7 Å². The molecule has 5 heteroatoms. The zero-order valence-corrected chi connectivity index (χ0v) is 14.2. The monoisotopic (exact) mass is 319 g/mol. The van der Waals surface area contributed by atoms with Gasteiger partial charge in [0.05, 0.1) is 17.1 Å². The van der Waals surface area contributed by atoms with Gasteiger partial charge in [-0.05, 0) is 44.4 Å². The fraction of sp³-hybridized carbons (Fsp3) is 0.412. The molecule has 1 aromatic carbocycles. The van der Waals surface area contributed by atoms with Crippen LogP contribution in [0.1, 0.15) is 30.5 Å². The van der Waals surface area contributed by atoms with Crippen molar-refractivity contribution in [3.8, 4) is 0 Å². The van der Waals surface area contributed by atoms with Crippen LogP contribution < -0.4 is 0 Å². The summed E-state index contributed by atoms with van der Waals surface area (Å²) in [6, 6.07) is 5.60. The quantitative estimate of drug-likeness (QED) is 0.847. The van der Waals surface area contributed by atoms with E-state index in [-0.39, 0.29) is 24.5 Å². The molecule has 2 amide bonds. The van der Waals surface area contributed by atoms with Gasteiger partial charge in [-0.25, -0.2) is 0 Å². The molecular weight excluding hydrogens is 298 g/mol. The first-order valence-electron chi connectivity index (χ1n) is 7.32. The number of carbonyl (C=O) groups is 2. The fourth-order valence-electron chi connectivity index (χ4n) is 2.43. The molecule has 118 valence electrons. The van der Waals surface area contributed by atoms with E-state index >= 15 is 0 Å². The third-order valence-corrected chi connectivity index (χ3v) is 4.78. The SMILES string of the molecule is Cc1ccc(C2=C(SCCO)C(=O)N(C(C)C)C2=O)cc1C. The van der Waals surface area contributed by atoms with Crippen molar-refractivity contribution in [1.29, 1.82) is 0 Å². The van der Waals surface area contributed by atoms with Crippen molar-refractivity contribution in [2.24, 2.45) is 0 Å². The van der Waals surface area contributed by atoms with Gasteiger partial charge in [-0.15, -0.1) is 11.8 Å². The van der Waals surface area contributed by atoms with E-state index in [1.54, 1.807) is 0 Å². The number of rotatable bonds is 5. The van der Waals surface area contributed by atoms with E-state index in [1.165, 1.54) is 16.7 Å². The first kappa shape index (κ1) is 16.8. The third-order valence-electron chi connectivity index (χ3n) is 3.72. The van der Waals surface area contributed by atoms with Crippen molar-refractivity contribution in [2.75, 3.05) is 12.4 Å². The lowest BCUT2D eigenvalue weighted by molar-refractivity contribution is -0.138. The molecule has 1 aliphatic rings. The largest absolute Gasteiger partial charge is 0.396 e. The van der Waals surface area contributed by atoms with Crippen LogP contribution >= 0.6 is 11.8 Å². The maximum atomic E-state index is 12.7. The van der Waals surface area contributed by atoms with Gasteiger partial charge in [0.25, 0.3) is 11.8 Å². The molecule has 22 heavy (non-hydrogen) atoms. The number of aryl methyl sites for hydroxylation is 2. The van der Waals surface area contributed by atoms with Crippen LogP contribution in [0.25, 0.3) is 5.57 Å². The molecule has 0 saturated heterocycles. The predicted octanol–water partition coefficient (Wildman–Crippen LogP) is 2.52. The van der Waals surface area contributed by atoms with Gasteiger partial charge in [-0.2, -0.15) is 0 Å². The normalized spacial score (nSPS) is 15.5. The van der Waals surface area contributed by atoms with Crippen molar-refractivity contribution in [2.45, 2.75) is 33.7 Å². The number of benzene rings is 1. The van der Waals surface area contributed by atoms with E-state index in [2.05, 4.69) is 0 Å². The summed E-state index contributed by atoms with van der Waals surface area (Å²) in [5.41, 5.74) is 3.46. The molecule has 1 aromatic rings. The molecule has 1 heterocycles. The van der Waals surface area contributed by atoms with Gasteiger partial charge in [0.1, 0.15) is 0 Å². The van der Waals surface area contributed by atoms with Crippen LogP contribution in [0, 0.1) is 13.8 Å². The van der Waals surface area contributed by atoms with E-state index < -0.39 is 0 Å². The highest BCUT2D eigenvalue weighted by atomic mass is 32.2. The third kappa shape index (κ3) is 2.96. The van der Waals surface area contributed by atoms with Gasteiger partial charge in [0.15, 0.2) is 0 Å². The summed E-state index contributed by atoms with van der Waals surface area (Å²) >= 11 is 1.25. The number of imide groups is 1. The van der Waals surface area contributed by atoms with Crippen LogP contribution in [0.5, 0.6) is 0 Å². The summed E-state index contributed by atoms with van der Waals surface area (Å²) < 4.78 is 0. The Morgan fingerprint density at radius 3 is 2.36 bits per heavy atom. The van der Waals surface area contributed by atoms with Crippen molar-refractivity contribution in [1.82, 2.24) is 4.90 Å². The highest BCUT2D eigenvalue weighted by molar-refractivity contribution is 8.04. The van der Waals surface area contributed by atoms with Crippen LogP contribution in [0.3, 0.4) is 0 Å². The van der Waals surface area contributed by atoms with Crippen molar-refractivity contribution >= 4 is 29.1 Å². The molecule has 0 saturated carbocycles. The Kier molecular flexibility index (Phi) is 5.08. The number of aliphatic hydroxyl groups is 1. The van der Waals surface area contributed by atoms with Crippen LogP contribution in [-0.2, 0) is 9.59 Å². The number of carbonyl (C=O) groups excluding carboxylic acids is 2. The molecule has 0 aromatic heterocycles. The van der Waals surface area contributed by atoms with Gasteiger partial charge in [0, 0.05) is 11.8 Å². The fourth-order valence-corrected chi connectivity index (χ4v) is 3.29. The van der Waals surface area contributed by atoms with E-state index in [0.717, 1.165) is 16.7 Å². The van der Waals surface area contributed by atoms with E-state index in [1.807, 2.05) is 45.9 Å². The maximum absolute atomic E-state index is 12.7. The predicted molar refractivity (Wildman–Crippen MR) is 89.4 cm³/mol. The molecular formula is C17H21NO3S. The molecule has 0 atom stereocenters. The number of hydrogen-bond donors (Lipinski definition) is 1. The molecule has 2 rings (SSSR count). The molecule has 0 unspecified atom stereocenters. The van der Waals surface area contributed by atoms with Crippen LogP contribution in [0.2, 0.25) is 0 Å². The first-order chi connectivity index (χ1) is 10.4.